The fourth-order valence-corrected chi connectivity index (χ4v) is 2.79. The summed E-state index contributed by atoms with van der Waals surface area (Å²) in [6, 6.07) is 3.87. The second-order valence-corrected chi connectivity index (χ2v) is 4.88. The van der Waals surface area contributed by atoms with Crippen LogP contribution in [0.2, 0.25) is 0 Å². The van der Waals surface area contributed by atoms with Gasteiger partial charge in [0.1, 0.15) is 5.41 Å². The number of hydrogen-bond acceptors (Lipinski definition) is 5. The fourth-order valence-electron chi connectivity index (χ4n) is 2.79. The van der Waals surface area contributed by atoms with E-state index in [1.165, 1.54) is 7.11 Å². The quantitative estimate of drug-likeness (QED) is 0.732. The van der Waals surface area contributed by atoms with Crippen LogP contribution in [0.15, 0.2) is 24.5 Å². The second-order valence-electron chi connectivity index (χ2n) is 4.88. The van der Waals surface area contributed by atoms with Crippen molar-refractivity contribution < 1.29 is 19.0 Å². The van der Waals surface area contributed by atoms with Gasteiger partial charge in [0.2, 0.25) is 0 Å². The van der Waals surface area contributed by atoms with E-state index in [1.54, 1.807) is 12.4 Å². The predicted molar refractivity (Wildman–Crippen MR) is 62.0 cm³/mol. The van der Waals surface area contributed by atoms with Crippen LogP contribution in [0.4, 0.5) is 0 Å². The zero-order valence-corrected chi connectivity index (χ0v) is 10.2. The van der Waals surface area contributed by atoms with Crippen molar-refractivity contribution in [2.75, 3.05) is 33.5 Å². The van der Waals surface area contributed by atoms with Gasteiger partial charge in [0, 0.05) is 12.4 Å². The maximum Gasteiger partial charge on any atom is 0.317 e. The molecule has 18 heavy (non-hydrogen) atoms. The number of carbonyl (C=O) groups excluding carboxylic acids is 1. The molecule has 5 heteroatoms. The molecule has 2 aliphatic rings. The number of methoxy groups -OCH3 is 1. The first-order valence-corrected chi connectivity index (χ1v) is 5.90. The van der Waals surface area contributed by atoms with E-state index in [2.05, 4.69) is 4.98 Å². The highest BCUT2D eigenvalue weighted by molar-refractivity contribution is 5.81. The molecule has 3 heterocycles. The molecule has 0 aromatic carbocycles. The summed E-state index contributed by atoms with van der Waals surface area (Å²) in [6.45, 7) is 1.83. The maximum absolute atomic E-state index is 12.2. The van der Waals surface area contributed by atoms with Crippen LogP contribution in [0.1, 0.15) is 5.56 Å². The molecular formula is C13H15NO4. The van der Waals surface area contributed by atoms with Gasteiger partial charge in [-0.1, -0.05) is 0 Å². The highest BCUT2D eigenvalue weighted by atomic mass is 16.6. The summed E-state index contributed by atoms with van der Waals surface area (Å²) in [5.74, 6) is -0.214. The summed E-state index contributed by atoms with van der Waals surface area (Å²) < 4.78 is 15.6. The van der Waals surface area contributed by atoms with Crippen molar-refractivity contribution in [2.24, 2.45) is 5.41 Å². The molecular weight excluding hydrogens is 234 g/mol. The van der Waals surface area contributed by atoms with Gasteiger partial charge in [-0.25, -0.2) is 0 Å². The number of pyridine rings is 1. The molecule has 0 atom stereocenters. The third-order valence-corrected chi connectivity index (χ3v) is 4.12. The zero-order valence-electron chi connectivity index (χ0n) is 10.2. The van der Waals surface area contributed by atoms with Gasteiger partial charge in [-0.15, -0.1) is 0 Å². The molecule has 3 rings (SSSR count). The smallest absolute Gasteiger partial charge is 0.317 e. The Morgan fingerprint density at radius 1 is 1.22 bits per heavy atom. The van der Waals surface area contributed by atoms with E-state index in [0.717, 1.165) is 5.56 Å². The molecule has 0 saturated carbocycles. The van der Waals surface area contributed by atoms with E-state index in [1.807, 2.05) is 12.1 Å². The molecule has 0 radical (unpaired) electrons. The van der Waals surface area contributed by atoms with Crippen molar-refractivity contribution in [1.29, 1.82) is 0 Å². The van der Waals surface area contributed by atoms with E-state index in [4.69, 9.17) is 14.2 Å². The molecule has 0 aliphatic carbocycles. The SMILES string of the molecule is COC(=O)C1(C2(c3ccncc3)COC2)COC1. The van der Waals surface area contributed by atoms with Crippen molar-refractivity contribution in [1.82, 2.24) is 4.98 Å². The first-order valence-electron chi connectivity index (χ1n) is 5.90. The Kier molecular flexibility index (Phi) is 2.60. The van der Waals surface area contributed by atoms with Gasteiger partial charge in [0.05, 0.1) is 39.0 Å². The standard InChI is InChI=1S/C13H15NO4/c1-16-11(15)13(8-18-9-13)12(6-17-7-12)10-2-4-14-5-3-10/h2-5H,6-9H2,1H3. The second kappa shape index (κ2) is 4.03. The van der Waals surface area contributed by atoms with Gasteiger partial charge in [-0.3, -0.25) is 9.78 Å². The van der Waals surface area contributed by atoms with Crippen LogP contribution in [-0.2, 0) is 24.4 Å². The van der Waals surface area contributed by atoms with E-state index in [-0.39, 0.29) is 11.4 Å². The van der Waals surface area contributed by atoms with E-state index in [9.17, 15) is 4.79 Å². The Balaban J connectivity index is 2.04. The van der Waals surface area contributed by atoms with Crippen LogP contribution >= 0.6 is 0 Å². The Morgan fingerprint density at radius 2 is 1.83 bits per heavy atom. The first-order chi connectivity index (χ1) is 8.75. The Bertz CT molecular complexity index is 451. The van der Waals surface area contributed by atoms with Crippen LogP contribution in [0.3, 0.4) is 0 Å². The number of nitrogens with zero attached hydrogens (tertiary/aromatic N) is 1. The van der Waals surface area contributed by atoms with E-state index >= 15 is 0 Å². The van der Waals surface area contributed by atoms with E-state index in [0.29, 0.717) is 26.4 Å². The molecule has 5 nitrogen and oxygen atoms in total. The largest absolute Gasteiger partial charge is 0.468 e. The van der Waals surface area contributed by atoms with Crippen molar-refractivity contribution in [3.05, 3.63) is 30.1 Å². The molecule has 2 saturated heterocycles. The highest BCUT2D eigenvalue weighted by Gasteiger charge is 2.66. The third-order valence-electron chi connectivity index (χ3n) is 4.12. The molecule has 2 aliphatic heterocycles. The number of aromatic nitrogens is 1. The van der Waals surface area contributed by atoms with Gasteiger partial charge in [-0.05, 0) is 17.7 Å². The monoisotopic (exact) mass is 249 g/mol. The average molecular weight is 249 g/mol. The summed E-state index contributed by atoms with van der Waals surface area (Å²) in [6.07, 6.45) is 3.47. The number of rotatable bonds is 3. The van der Waals surface area contributed by atoms with Crippen LogP contribution in [-0.4, -0.2) is 44.5 Å². The van der Waals surface area contributed by atoms with Crippen LogP contribution in [0.25, 0.3) is 0 Å². The third kappa shape index (κ3) is 1.29. The van der Waals surface area contributed by atoms with Gasteiger partial charge in [-0.2, -0.15) is 0 Å². The maximum atomic E-state index is 12.2. The number of hydrogen-bond donors (Lipinski definition) is 0. The summed E-state index contributed by atoms with van der Waals surface area (Å²) in [5, 5.41) is 0. The Labute approximate surface area is 105 Å². The summed E-state index contributed by atoms with van der Waals surface area (Å²) in [7, 11) is 1.42. The fraction of sp³-hybridized carbons (Fsp3) is 0.538. The lowest BCUT2D eigenvalue weighted by atomic mass is 9.57. The minimum absolute atomic E-state index is 0.214. The molecule has 1 aromatic heterocycles. The van der Waals surface area contributed by atoms with Gasteiger partial charge in [0.25, 0.3) is 0 Å². The summed E-state index contributed by atoms with van der Waals surface area (Å²) in [4.78, 5) is 16.2. The average Bonchev–Trinajstić information content (AvgIpc) is 2.31. The van der Waals surface area contributed by atoms with Crippen molar-refractivity contribution >= 4 is 5.97 Å². The normalized spacial score (nSPS) is 23.6. The lowest BCUT2D eigenvalue weighted by Crippen LogP contribution is -2.70. The van der Waals surface area contributed by atoms with Crippen molar-refractivity contribution in [3.8, 4) is 0 Å². The molecule has 0 amide bonds. The van der Waals surface area contributed by atoms with Crippen LogP contribution in [0, 0.1) is 5.41 Å². The van der Waals surface area contributed by atoms with E-state index < -0.39 is 5.41 Å². The Hall–Kier alpha value is -1.46. The minimum atomic E-state index is -0.610. The van der Waals surface area contributed by atoms with Gasteiger partial charge in [0.15, 0.2) is 0 Å². The molecule has 96 valence electrons. The molecule has 0 N–H and O–H groups in total. The number of esters is 1. The highest BCUT2D eigenvalue weighted by Crippen LogP contribution is 2.52. The predicted octanol–water partition coefficient (Wildman–Crippen LogP) is 0.539. The molecule has 0 spiro atoms. The van der Waals surface area contributed by atoms with Crippen LogP contribution < -0.4 is 0 Å². The summed E-state index contributed by atoms with van der Waals surface area (Å²) >= 11 is 0. The van der Waals surface area contributed by atoms with Crippen LogP contribution in [0.5, 0.6) is 0 Å². The number of carbonyl (C=O) groups is 1. The molecule has 0 bridgehead atoms. The lowest BCUT2D eigenvalue weighted by molar-refractivity contribution is -0.238. The Morgan fingerprint density at radius 3 is 2.22 bits per heavy atom. The minimum Gasteiger partial charge on any atom is -0.468 e. The van der Waals surface area contributed by atoms with Crippen molar-refractivity contribution in [2.45, 2.75) is 5.41 Å². The summed E-state index contributed by atoms with van der Waals surface area (Å²) in [5.41, 5.74) is 0.125. The molecule has 0 unspecified atom stereocenters. The van der Waals surface area contributed by atoms with Crippen molar-refractivity contribution in [3.63, 3.8) is 0 Å². The first kappa shape index (κ1) is 11.6. The van der Waals surface area contributed by atoms with Gasteiger partial charge >= 0.3 is 5.97 Å². The molecule has 2 fully saturated rings. The van der Waals surface area contributed by atoms with Gasteiger partial charge < -0.3 is 14.2 Å². The topological polar surface area (TPSA) is 57.7 Å². The zero-order chi connectivity index (χ0) is 12.6. The number of ether oxygens (including phenoxy) is 3. The molecule has 1 aromatic rings. The lowest BCUT2D eigenvalue weighted by Gasteiger charge is -2.57.